The first kappa shape index (κ1) is 14.2. The molecular weight excluding hydrogens is 278 g/mol. The number of aliphatic hydroxyl groups is 1. The van der Waals surface area contributed by atoms with Gasteiger partial charge in [0.1, 0.15) is 6.61 Å². The van der Waals surface area contributed by atoms with Crippen molar-refractivity contribution in [1.29, 1.82) is 0 Å². The zero-order chi connectivity index (χ0) is 14.4. The third kappa shape index (κ3) is 3.64. The second-order valence-corrected chi connectivity index (χ2v) is 4.38. The normalized spacial score (nSPS) is 9.70. The minimum atomic E-state index is -0.233. The number of rotatable bonds is 3. The summed E-state index contributed by atoms with van der Waals surface area (Å²) in [6.45, 7) is 0.155. The predicted molar refractivity (Wildman–Crippen MR) is 75.3 cm³/mol. The van der Waals surface area contributed by atoms with Gasteiger partial charge in [-0.05, 0) is 24.3 Å². The van der Waals surface area contributed by atoms with E-state index in [0.29, 0.717) is 22.7 Å². The van der Waals surface area contributed by atoms with Gasteiger partial charge in [-0.1, -0.05) is 23.4 Å². The first-order chi connectivity index (χ1) is 9.70. The van der Waals surface area contributed by atoms with Crippen molar-refractivity contribution in [3.8, 4) is 11.8 Å². The fourth-order valence-electron chi connectivity index (χ4n) is 1.57. The van der Waals surface area contributed by atoms with Crippen LogP contribution in [-0.4, -0.2) is 17.6 Å². The Morgan fingerprint density at radius 3 is 2.90 bits per heavy atom. The number of carbonyl (C=O) groups is 1. The molecule has 2 rings (SSSR count). The van der Waals surface area contributed by atoms with Gasteiger partial charge in [0.05, 0.1) is 17.5 Å². The third-order valence-electron chi connectivity index (χ3n) is 2.57. The van der Waals surface area contributed by atoms with Gasteiger partial charge in [0.15, 0.2) is 0 Å². The topological polar surface area (TPSA) is 62.5 Å². The van der Waals surface area contributed by atoms with Gasteiger partial charge in [-0.3, -0.25) is 4.79 Å². The average Bonchev–Trinajstić information content (AvgIpc) is 2.96. The van der Waals surface area contributed by atoms with E-state index in [1.54, 1.807) is 36.8 Å². The number of amides is 1. The zero-order valence-corrected chi connectivity index (χ0v) is 11.3. The standard InChI is InChI=1S/C15H12ClNO3/c16-14-8-13(4-3-12(14)2-1-6-18)15(19)17-9-11-5-7-20-10-11/h3-5,7-8,10,18H,6,9H2,(H,17,19). The number of aliphatic hydroxyl groups excluding tert-OH is 1. The Morgan fingerprint density at radius 1 is 1.40 bits per heavy atom. The minimum absolute atomic E-state index is 0.227. The molecule has 2 N–H and O–H groups in total. The lowest BCUT2D eigenvalue weighted by molar-refractivity contribution is 0.0951. The van der Waals surface area contributed by atoms with Crippen molar-refractivity contribution in [1.82, 2.24) is 5.32 Å². The monoisotopic (exact) mass is 289 g/mol. The van der Waals surface area contributed by atoms with Crippen molar-refractivity contribution in [2.75, 3.05) is 6.61 Å². The SMILES string of the molecule is O=C(NCc1ccoc1)c1ccc(C#CCO)c(Cl)c1. The number of hydrogen-bond acceptors (Lipinski definition) is 3. The Morgan fingerprint density at radius 2 is 2.25 bits per heavy atom. The molecule has 0 atom stereocenters. The molecule has 0 spiro atoms. The van der Waals surface area contributed by atoms with Crippen molar-refractivity contribution >= 4 is 17.5 Å². The second-order valence-electron chi connectivity index (χ2n) is 3.97. The molecule has 1 amide bonds. The van der Waals surface area contributed by atoms with Gasteiger partial charge in [0, 0.05) is 23.2 Å². The molecule has 0 radical (unpaired) electrons. The van der Waals surface area contributed by atoms with E-state index in [9.17, 15) is 4.79 Å². The van der Waals surface area contributed by atoms with Crippen LogP contribution in [0.3, 0.4) is 0 Å². The lowest BCUT2D eigenvalue weighted by atomic mass is 10.1. The molecule has 0 fully saturated rings. The van der Waals surface area contributed by atoms with E-state index in [1.807, 2.05) is 0 Å². The van der Waals surface area contributed by atoms with Crippen LogP contribution in [0.5, 0.6) is 0 Å². The van der Waals surface area contributed by atoms with Crippen LogP contribution in [0.1, 0.15) is 21.5 Å². The maximum absolute atomic E-state index is 11.9. The highest BCUT2D eigenvalue weighted by atomic mass is 35.5. The van der Waals surface area contributed by atoms with Gasteiger partial charge in [-0.15, -0.1) is 0 Å². The molecule has 0 aliphatic carbocycles. The highest BCUT2D eigenvalue weighted by molar-refractivity contribution is 6.32. The van der Waals surface area contributed by atoms with Gasteiger partial charge >= 0.3 is 0 Å². The maximum Gasteiger partial charge on any atom is 0.251 e. The number of halogens is 1. The second kappa shape index (κ2) is 6.80. The summed E-state index contributed by atoms with van der Waals surface area (Å²) in [5.41, 5.74) is 1.91. The maximum atomic E-state index is 11.9. The van der Waals surface area contributed by atoms with Gasteiger partial charge in [0.25, 0.3) is 5.91 Å². The molecular formula is C15H12ClNO3. The molecule has 0 bridgehead atoms. The molecule has 5 heteroatoms. The molecule has 0 aliphatic heterocycles. The molecule has 1 aromatic heterocycles. The highest BCUT2D eigenvalue weighted by Gasteiger charge is 2.08. The van der Waals surface area contributed by atoms with Crippen molar-refractivity contribution in [2.24, 2.45) is 0 Å². The summed E-state index contributed by atoms with van der Waals surface area (Å²) >= 11 is 6.03. The summed E-state index contributed by atoms with van der Waals surface area (Å²) in [6.07, 6.45) is 3.12. The highest BCUT2D eigenvalue weighted by Crippen LogP contribution is 2.17. The van der Waals surface area contributed by atoms with Crippen LogP contribution in [0.15, 0.2) is 41.2 Å². The summed E-state index contributed by atoms with van der Waals surface area (Å²) in [6, 6.07) is 6.62. The molecule has 1 aromatic carbocycles. The van der Waals surface area contributed by atoms with Crippen LogP contribution in [0.25, 0.3) is 0 Å². The van der Waals surface area contributed by atoms with Crippen LogP contribution >= 0.6 is 11.6 Å². The molecule has 1 heterocycles. The Labute approximate surface area is 121 Å². The molecule has 0 saturated heterocycles. The van der Waals surface area contributed by atoms with Crippen LogP contribution < -0.4 is 5.32 Å². The summed E-state index contributed by atoms with van der Waals surface area (Å²) in [7, 11) is 0. The van der Waals surface area contributed by atoms with E-state index in [2.05, 4.69) is 17.2 Å². The Balaban J connectivity index is 2.05. The fraction of sp³-hybridized carbons (Fsp3) is 0.133. The van der Waals surface area contributed by atoms with Crippen molar-refractivity contribution in [3.05, 3.63) is 58.5 Å². The number of furan rings is 1. The molecule has 2 aromatic rings. The molecule has 0 unspecified atom stereocenters. The Hall–Kier alpha value is -2.22. The van der Waals surface area contributed by atoms with Crippen LogP contribution in [0, 0.1) is 11.8 Å². The van der Waals surface area contributed by atoms with Crippen molar-refractivity contribution in [3.63, 3.8) is 0 Å². The summed E-state index contributed by atoms with van der Waals surface area (Å²) < 4.78 is 4.92. The van der Waals surface area contributed by atoms with E-state index < -0.39 is 0 Å². The number of carbonyl (C=O) groups excluding carboxylic acids is 1. The van der Waals surface area contributed by atoms with E-state index in [1.165, 1.54) is 0 Å². The largest absolute Gasteiger partial charge is 0.472 e. The summed E-state index contributed by atoms with van der Waals surface area (Å²) in [5.74, 6) is 4.99. The zero-order valence-electron chi connectivity index (χ0n) is 10.5. The van der Waals surface area contributed by atoms with E-state index in [4.69, 9.17) is 21.1 Å². The average molecular weight is 290 g/mol. The molecule has 0 saturated carbocycles. The van der Waals surface area contributed by atoms with E-state index >= 15 is 0 Å². The summed E-state index contributed by atoms with van der Waals surface area (Å²) in [4.78, 5) is 11.9. The van der Waals surface area contributed by atoms with Crippen LogP contribution in [0.4, 0.5) is 0 Å². The molecule has 20 heavy (non-hydrogen) atoms. The molecule has 102 valence electrons. The van der Waals surface area contributed by atoms with Gasteiger partial charge in [-0.25, -0.2) is 0 Å². The summed E-state index contributed by atoms with van der Waals surface area (Å²) in [5, 5.41) is 11.8. The smallest absolute Gasteiger partial charge is 0.251 e. The van der Waals surface area contributed by atoms with E-state index in [0.717, 1.165) is 5.56 Å². The van der Waals surface area contributed by atoms with Crippen LogP contribution in [-0.2, 0) is 6.54 Å². The molecule has 0 aliphatic rings. The first-order valence-corrected chi connectivity index (χ1v) is 6.27. The van der Waals surface area contributed by atoms with Gasteiger partial charge in [-0.2, -0.15) is 0 Å². The Bertz CT molecular complexity index is 653. The first-order valence-electron chi connectivity index (χ1n) is 5.89. The van der Waals surface area contributed by atoms with Gasteiger partial charge < -0.3 is 14.8 Å². The fourth-order valence-corrected chi connectivity index (χ4v) is 1.80. The lowest BCUT2D eigenvalue weighted by Gasteiger charge is -2.05. The quantitative estimate of drug-likeness (QED) is 0.852. The van der Waals surface area contributed by atoms with Crippen LogP contribution in [0.2, 0.25) is 5.02 Å². The molecule has 4 nitrogen and oxygen atoms in total. The van der Waals surface area contributed by atoms with Crippen molar-refractivity contribution in [2.45, 2.75) is 6.54 Å². The number of nitrogens with one attached hydrogen (secondary N) is 1. The number of hydrogen-bond donors (Lipinski definition) is 2. The minimum Gasteiger partial charge on any atom is -0.472 e. The third-order valence-corrected chi connectivity index (χ3v) is 2.88. The number of benzene rings is 1. The lowest BCUT2D eigenvalue weighted by Crippen LogP contribution is -2.22. The van der Waals surface area contributed by atoms with Crippen molar-refractivity contribution < 1.29 is 14.3 Å². The predicted octanol–water partition coefficient (Wildman–Crippen LogP) is 2.21. The van der Waals surface area contributed by atoms with Gasteiger partial charge in [0.2, 0.25) is 0 Å². The van der Waals surface area contributed by atoms with E-state index in [-0.39, 0.29) is 12.5 Å². The Kier molecular flexibility index (Phi) is 4.83.